The highest BCUT2D eigenvalue weighted by atomic mass is 31.2. The van der Waals surface area contributed by atoms with Crippen molar-refractivity contribution in [3.05, 3.63) is 23.3 Å². The molecule has 7 heteroatoms. The number of hydrogen-bond acceptors (Lipinski definition) is 6. The number of ether oxygens (including phenoxy) is 1. The predicted molar refractivity (Wildman–Crippen MR) is 115 cm³/mol. The summed E-state index contributed by atoms with van der Waals surface area (Å²) >= 11 is 0. The van der Waals surface area contributed by atoms with Crippen molar-refractivity contribution < 1.29 is 28.0 Å². The fourth-order valence-corrected chi connectivity index (χ4v) is 7.93. The molecule has 0 bridgehead atoms. The lowest BCUT2D eigenvalue weighted by atomic mass is 9.55. The van der Waals surface area contributed by atoms with Crippen molar-refractivity contribution in [2.75, 3.05) is 20.3 Å². The summed E-state index contributed by atoms with van der Waals surface area (Å²) in [6, 6.07) is 3.94. The lowest BCUT2D eigenvalue weighted by molar-refractivity contribution is -0.0294. The number of methoxy groups -OCH3 is 1. The largest absolute Gasteiger partial charge is 0.504 e. The highest BCUT2D eigenvalue weighted by molar-refractivity contribution is 7.48. The molecule has 5 atom stereocenters. The van der Waals surface area contributed by atoms with Crippen molar-refractivity contribution in [1.29, 1.82) is 0 Å². The van der Waals surface area contributed by atoms with Crippen molar-refractivity contribution in [2.45, 2.75) is 71.3 Å². The van der Waals surface area contributed by atoms with Crippen LogP contribution in [0.5, 0.6) is 11.5 Å². The molecule has 6 nitrogen and oxygen atoms in total. The highest BCUT2D eigenvalue weighted by Crippen LogP contribution is 2.65. The summed E-state index contributed by atoms with van der Waals surface area (Å²) < 4.78 is 35.4. The molecule has 0 saturated heterocycles. The maximum atomic E-state index is 13.0. The average Bonchev–Trinajstić information content (AvgIpc) is 3.03. The van der Waals surface area contributed by atoms with E-state index in [1.807, 2.05) is 26.0 Å². The first-order valence-electron chi connectivity index (χ1n) is 11.3. The molecular weight excluding hydrogens is 403 g/mol. The smallest absolute Gasteiger partial charge is 0.475 e. The lowest BCUT2D eigenvalue weighted by Crippen LogP contribution is -2.44. The van der Waals surface area contributed by atoms with Crippen LogP contribution in [0.1, 0.15) is 69.9 Å². The SMILES string of the molecule is CCOP(=O)(OCC)O[C@H]1CC[C@H]2[C@@H]3CCc4cc(O)c(OC)cc4[C@H]3CC[C@]12C. The molecule has 1 aromatic rings. The Morgan fingerprint density at radius 3 is 2.53 bits per heavy atom. The van der Waals surface area contributed by atoms with E-state index in [-0.39, 0.29) is 17.3 Å². The number of phosphoric acid groups is 1. The summed E-state index contributed by atoms with van der Waals surface area (Å²) in [6.45, 7) is 6.54. The van der Waals surface area contributed by atoms with Crippen LogP contribution >= 0.6 is 7.82 Å². The van der Waals surface area contributed by atoms with Gasteiger partial charge >= 0.3 is 7.82 Å². The Balaban J connectivity index is 1.57. The van der Waals surface area contributed by atoms with Crippen molar-refractivity contribution in [3.63, 3.8) is 0 Å². The number of aromatic hydroxyl groups is 1. The second-order valence-electron chi connectivity index (χ2n) is 9.14. The van der Waals surface area contributed by atoms with Gasteiger partial charge in [-0.3, -0.25) is 13.6 Å². The van der Waals surface area contributed by atoms with Gasteiger partial charge in [0.1, 0.15) is 0 Å². The molecule has 1 N–H and O–H groups in total. The van der Waals surface area contributed by atoms with E-state index in [1.165, 1.54) is 11.1 Å². The molecule has 0 amide bonds. The van der Waals surface area contributed by atoms with E-state index < -0.39 is 7.82 Å². The monoisotopic (exact) mass is 438 g/mol. The van der Waals surface area contributed by atoms with Gasteiger partial charge in [0, 0.05) is 0 Å². The van der Waals surface area contributed by atoms with Gasteiger partial charge in [-0.25, -0.2) is 4.57 Å². The third-order valence-electron chi connectivity index (χ3n) is 7.77. The van der Waals surface area contributed by atoms with Gasteiger partial charge < -0.3 is 9.84 Å². The molecule has 168 valence electrons. The lowest BCUT2D eigenvalue weighted by Gasteiger charge is -2.50. The number of rotatable bonds is 7. The fourth-order valence-electron chi connectivity index (χ4n) is 6.45. The van der Waals surface area contributed by atoms with Gasteiger partial charge in [0.15, 0.2) is 11.5 Å². The maximum Gasteiger partial charge on any atom is 0.475 e. The molecule has 1 aromatic carbocycles. The van der Waals surface area contributed by atoms with Crippen LogP contribution in [0.3, 0.4) is 0 Å². The number of benzene rings is 1. The molecule has 0 unspecified atom stereocenters. The van der Waals surface area contributed by atoms with E-state index in [0.29, 0.717) is 36.7 Å². The van der Waals surface area contributed by atoms with Gasteiger partial charge in [0.2, 0.25) is 0 Å². The molecule has 2 saturated carbocycles. The Labute approximate surface area is 179 Å². The van der Waals surface area contributed by atoms with Crippen LogP contribution in [0.15, 0.2) is 12.1 Å². The van der Waals surface area contributed by atoms with Gasteiger partial charge in [-0.15, -0.1) is 0 Å². The molecule has 30 heavy (non-hydrogen) atoms. The summed E-state index contributed by atoms with van der Waals surface area (Å²) in [4.78, 5) is 0. The summed E-state index contributed by atoms with van der Waals surface area (Å²) in [7, 11) is -1.92. The Kier molecular flexibility index (Phi) is 6.24. The van der Waals surface area contributed by atoms with Gasteiger partial charge in [-0.2, -0.15) is 0 Å². The van der Waals surface area contributed by atoms with Gasteiger partial charge in [0.25, 0.3) is 0 Å². The van der Waals surface area contributed by atoms with E-state index in [9.17, 15) is 9.67 Å². The van der Waals surface area contributed by atoms with Gasteiger partial charge in [0.05, 0.1) is 26.4 Å². The van der Waals surface area contributed by atoms with E-state index in [0.717, 1.165) is 38.5 Å². The zero-order valence-electron chi connectivity index (χ0n) is 18.6. The molecule has 0 radical (unpaired) electrons. The number of phenolic OH excluding ortho intramolecular Hbond substituents is 1. The van der Waals surface area contributed by atoms with E-state index in [4.69, 9.17) is 18.3 Å². The van der Waals surface area contributed by atoms with E-state index >= 15 is 0 Å². The molecule has 2 fully saturated rings. The Hall–Kier alpha value is -1.07. The van der Waals surface area contributed by atoms with Crippen molar-refractivity contribution in [1.82, 2.24) is 0 Å². The molecule has 0 aliphatic heterocycles. The van der Waals surface area contributed by atoms with Crippen LogP contribution in [0.25, 0.3) is 0 Å². The molecule has 0 aromatic heterocycles. The Bertz CT molecular complexity index is 816. The summed E-state index contributed by atoms with van der Waals surface area (Å²) in [5.74, 6) is 2.35. The van der Waals surface area contributed by atoms with Crippen molar-refractivity contribution in [3.8, 4) is 11.5 Å². The van der Waals surface area contributed by atoms with E-state index in [2.05, 4.69) is 6.92 Å². The minimum absolute atomic E-state index is 0.0243. The third-order valence-corrected chi connectivity index (χ3v) is 9.43. The normalized spacial score (nSPS) is 32.9. The number of fused-ring (bicyclic) bond motifs is 5. The zero-order valence-corrected chi connectivity index (χ0v) is 19.5. The second-order valence-corrected chi connectivity index (χ2v) is 10.8. The quantitative estimate of drug-likeness (QED) is 0.541. The summed E-state index contributed by atoms with van der Waals surface area (Å²) in [6.07, 6.45) is 6.03. The molecule has 0 heterocycles. The third kappa shape index (κ3) is 3.70. The first kappa shape index (κ1) is 22.1. The number of phosphoric ester groups is 1. The number of aryl methyl sites for hydroxylation is 1. The topological polar surface area (TPSA) is 74.2 Å². The second kappa shape index (κ2) is 8.46. The fraction of sp³-hybridized carbons (Fsp3) is 0.739. The first-order valence-corrected chi connectivity index (χ1v) is 12.8. The Morgan fingerprint density at radius 2 is 1.87 bits per heavy atom. The highest BCUT2D eigenvalue weighted by Gasteiger charge is 2.57. The predicted octanol–water partition coefficient (Wildman–Crippen LogP) is 5.82. The van der Waals surface area contributed by atoms with Crippen molar-refractivity contribution in [2.24, 2.45) is 17.3 Å². The van der Waals surface area contributed by atoms with Crippen LogP contribution in [-0.2, 0) is 24.6 Å². The van der Waals surface area contributed by atoms with Gasteiger partial charge in [-0.05, 0) is 98.8 Å². The minimum Gasteiger partial charge on any atom is -0.504 e. The van der Waals surface area contributed by atoms with Crippen LogP contribution in [0.4, 0.5) is 0 Å². The van der Waals surface area contributed by atoms with Crippen LogP contribution < -0.4 is 4.74 Å². The first-order chi connectivity index (χ1) is 14.3. The van der Waals surface area contributed by atoms with Crippen LogP contribution in [0.2, 0.25) is 0 Å². The molecule has 4 rings (SSSR count). The number of phenols is 1. The standard InChI is InChI=1S/C23H35O6P/c1-5-27-30(25,28-6-2)29-22-10-9-19-17-8-7-15-13-20(24)21(26-4)14-18(15)16(17)11-12-23(19,22)3/h13-14,16-17,19,22,24H,5-12H2,1-4H3/t16-,17+,19-,22-,23-/m0/s1. The number of hydrogen-bond donors (Lipinski definition) is 1. The summed E-state index contributed by atoms with van der Waals surface area (Å²) in [5, 5.41) is 10.2. The molecular formula is C23H35O6P. The zero-order chi connectivity index (χ0) is 21.5. The maximum absolute atomic E-state index is 13.0. The van der Waals surface area contributed by atoms with Gasteiger partial charge in [-0.1, -0.05) is 6.92 Å². The van der Waals surface area contributed by atoms with Crippen LogP contribution in [-0.4, -0.2) is 31.5 Å². The molecule has 0 spiro atoms. The van der Waals surface area contributed by atoms with Crippen LogP contribution in [0, 0.1) is 17.3 Å². The van der Waals surface area contributed by atoms with Crippen molar-refractivity contribution >= 4 is 7.82 Å². The average molecular weight is 439 g/mol. The van der Waals surface area contributed by atoms with E-state index in [1.54, 1.807) is 7.11 Å². The Morgan fingerprint density at radius 1 is 1.13 bits per heavy atom. The molecule has 3 aliphatic carbocycles. The molecule has 3 aliphatic rings. The minimum atomic E-state index is -3.52. The summed E-state index contributed by atoms with van der Waals surface area (Å²) in [5.41, 5.74) is 2.56.